The Labute approximate surface area is 187 Å². The van der Waals surface area contributed by atoms with Gasteiger partial charge in [-0.05, 0) is 56.0 Å². The summed E-state index contributed by atoms with van der Waals surface area (Å²) < 4.78 is 32.5. The van der Waals surface area contributed by atoms with Crippen LogP contribution in [0.1, 0.15) is 35.7 Å². The topological polar surface area (TPSA) is 92.8 Å². The molecule has 1 unspecified atom stereocenters. The number of halogens is 1. The predicted octanol–water partition coefficient (Wildman–Crippen LogP) is 3.86. The molecule has 1 heterocycles. The smallest absolute Gasteiger partial charge is 0.338 e. The van der Waals surface area contributed by atoms with Gasteiger partial charge in [0.2, 0.25) is 10.0 Å². The fourth-order valence-electron chi connectivity index (χ4n) is 3.38. The Balaban J connectivity index is 1.68. The van der Waals surface area contributed by atoms with Crippen molar-refractivity contribution in [2.75, 3.05) is 25.0 Å². The summed E-state index contributed by atoms with van der Waals surface area (Å²) in [6.45, 7) is 4.25. The highest BCUT2D eigenvalue weighted by Crippen LogP contribution is 2.29. The van der Waals surface area contributed by atoms with Crippen molar-refractivity contribution in [2.45, 2.75) is 31.6 Å². The highest BCUT2D eigenvalue weighted by Gasteiger charge is 2.31. The standard InChI is InChI=1S/C22H25ClN2O5S/c1-15-5-8-18(9-6-15)24-21(26)14-30-22(27)17-7-10-19(23)20(12-17)31(28,29)25-11-3-4-16(2)13-25/h5-10,12,16H,3-4,11,13-14H2,1-2H3,(H,24,26). The van der Waals surface area contributed by atoms with Crippen LogP contribution in [0.15, 0.2) is 47.4 Å². The molecule has 1 N–H and O–H groups in total. The molecule has 1 aliphatic rings. The second-order valence-corrected chi connectivity index (χ2v) is 10.1. The summed E-state index contributed by atoms with van der Waals surface area (Å²) in [5.74, 6) is -1.05. The molecule has 1 atom stereocenters. The molecule has 9 heteroatoms. The molecule has 0 bridgehead atoms. The van der Waals surface area contributed by atoms with Gasteiger partial charge in [0.1, 0.15) is 4.90 Å². The van der Waals surface area contributed by atoms with Crippen LogP contribution < -0.4 is 5.32 Å². The zero-order valence-corrected chi connectivity index (χ0v) is 19.0. The highest BCUT2D eigenvalue weighted by molar-refractivity contribution is 7.89. The maximum absolute atomic E-state index is 13.0. The number of carbonyl (C=O) groups is 2. The number of benzene rings is 2. The summed E-state index contributed by atoms with van der Waals surface area (Å²) in [5, 5.41) is 2.66. The van der Waals surface area contributed by atoms with Crippen LogP contribution in [0.25, 0.3) is 0 Å². The van der Waals surface area contributed by atoms with Gasteiger partial charge in [-0.15, -0.1) is 0 Å². The normalized spacial score (nSPS) is 17.2. The summed E-state index contributed by atoms with van der Waals surface area (Å²) in [4.78, 5) is 24.3. The number of carbonyl (C=O) groups excluding carboxylic acids is 2. The van der Waals surface area contributed by atoms with E-state index in [9.17, 15) is 18.0 Å². The third-order valence-corrected chi connectivity index (χ3v) is 7.42. The number of rotatable bonds is 6. The molecule has 0 spiro atoms. The molecular formula is C22H25ClN2O5S. The van der Waals surface area contributed by atoms with E-state index >= 15 is 0 Å². The van der Waals surface area contributed by atoms with Crippen molar-refractivity contribution in [1.82, 2.24) is 4.31 Å². The molecule has 0 radical (unpaired) electrons. The minimum Gasteiger partial charge on any atom is -0.452 e. The van der Waals surface area contributed by atoms with Gasteiger partial charge in [-0.25, -0.2) is 13.2 Å². The molecule has 0 aliphatic carbocycles. The molecule has 0 aromatic heterocycles. The number of nitrogens with one attached hydrogen (secondary N) is 1. The van der Waals surface area contributed by atoms with E-state index in [1.165, 1.54) is 22.5 Å². The molecule has 1 aliphatic heterocycles. The Kier molecular flexibility index (Phi) is 7.35. The number of piperidine rings is 1. The molecule has 3 rings (SSSR count). The van der Waals surface area contributed by atoms with Crippen molar-refractivity contribution < 1.29 is 22.7 Å². The lowest BCUT2D eigenvalue weighted by Crippen LogP contribution is -2.39. The average Bonchev–Trinajstić information content (AvgIpc) is 2.74. The molecule has 0 saturated carbocycles. The number of aryl methyl sites for hydroxylation is 1. The van der Waals surface area contributed by atoms with E-state index in [1.807, 2.05) is 26.0 Å². The van der Waals surface area contributed by atoms with Crippen molar-refractivity contribution in [3.8, 4) is 0 Å². The zero-order valence-electron chi connectivity index (χ0n) is 17.4. The first-order valence-electron chi connectivity index (χ1n) is 10.00. The maximum Gasteiger partial charge on any atom is 0.338 e. The van der Waals surface area contributed by atoms with Gasteiger partial charge in [0.15, 0.2) is 6.61 Å². The quantitative estimate of drug-likeness (QED) is 0.655. The molecule has 166 valence electrons. The van der Waals surface area contributed by atoms with E-state index in [4.69, 9.17) is 16.3 Å². The summed E-state index contributed by atoms with van der Waals surface area (Å²) >= 11 is 6.15. The van der Waals surface area contributed by atoms with Crippen LogP contribution in [0.2, 0.25) is 5.02 Å². The van der Waals surface area contributed by atoms with Gasteiger partial charge in [-0.1, -0.05) is 36.2 Å². The van der Waals surface area contributed by atoms with Gasteiger partial charge in [-0.3, -0.25) is 4.79 Å². The number of esters is 1. The van der Waals surface area contributed by atoms with Gasteiger partial charge >= 0.3 is 5.97 Å². The number of amides is 1. The first-order valence-corrected chi connectivity index (χ1v) is 11.8. The Morgan fingerprint density at radius 3 is 2.58 bits per heavy atom. The minimum atomic E-state index is -3.84. The first-order chi connectivity index (χ1) is 14.7. The first kappa shape index (κ1) is 23.2. The maximum atomic E-state index is 13.0. The third-order valence-electron chi connectivity index (χ3n) is 5.07. The second kappa shape index (κ2) is 9.80. The molecule has 2 aromatic carbocycles. The lowest BCUT2D eigenvalue weighted by Gasteiger charge is -2.30. The highest BCUT2D eigenvalue weighted by atomic mass is 35.5. The molecule has 1 fully saturated rings. The summed E-state index contributed by atoms with van der Waals surface area (Å²) in [5.41, 5.74) is 1.65. The fourth-order valence-corrected chi connectivity index (χ4v) is 5.48. The van der Waals surface area contributed by atoms with E-state index in [1.54, 1.807) is 12.1 Å². The number of anilines is 1. The Morgan fingerprint density at radius 1 is 1.19 bits per heavy atom. The van der Waals surface area contributed by atoms with E-state index in [0.29, 0.717) is 18.8 Å². The van der Waals surface area contributed by atoms with Gasteiger partial charge in [0.25, 0.3) is 5.91 Å². The fraction of sp³-hybridized carbons (Fsp3) is 0.364. The van der Waals surface area contributed by atoms with E-state index in [-0.39, 0.29) is 21.4 Å². The van der Waals surface area contributed by atoms with Crippen molar-refractivity contribution in [1.29, 1.82) is 0 Å². The summed E-state index contributed by atoms with van der Waals surface area (Å²) in [7, 11) is -3.84. The van der Waals surface area contributed by atoms with E-state index < -0.39 is 28.5 Å². The Bertz CT molecular complexity index is 1070. The zero-order chi connectivity index (χ0) is 22.6. The summed E-state index contributed by atoms with van der Waals surface area (Å²) in [6.07, 6.45) is 1.74. The lowest BCUT2D eigenvalue weighted by atomic mass is 10.0. The van der Waals surface area contributed by atoms with Gasteiger partial charge in [-0.2, -0.15) is 4.31 Å². The van der Waals surface area contributed by atoms with Crippen LogP contribution in [-0.2, 0) is 19.6 Å². The lowest BCUT2D eigenvalue weighted by molar-refractivity contribution is -0.119. The summed E-state index contributed by atoms with van der Waals surface area (Å²) in [6, 6.07) is 11.1. The average molecular weight is 465 g/mol. The van der Waals surface area contributed by atoms with Gasteiger partial charge < -0.3 is 10.1 Å². The minimum absolute atomic E-state index is 0.0103. The number of nitrogens with zero attached hydrogens (tertiary/aromatic N) is 1. The predicted molar refractivity (Wildman–Crippen MR) is 119 cm³/mol. The number of sulfonamides is 1. The Morgan fingerprint density at radius 2 is 1.90 bits per heavy atom. The van der Waals surface area contributed by atoms with Crippen molar-refractivity contribution >= 4 is 39.2 Å². The van der Waals surface area contributed by atoms with Crippen LogP contribution in [0.5, 0.6) is 0 Å². The molecular weight excluding hydrogens is 440 g/mol. The second-order valence-electron chi connectivity index (χ2n) is 7.75. The molecule has 1 saturated heterocycles. The van der Waals surface area contributed by atoms with Crippen LogP contribution in [-0.4, -0.2) is 44.3 Å². The van der Waals surface area contributed by atoms with Crippen molar-refractivity contribution in [2.24, 2.45) is 5.92 Å². The van der Waals surface area contributed by atoms with E-state index in [0.717, 1.165) is 18.4 Å². The van der Waals surface area contributed by atoms with Crippen LogP contribution >= 0.6 is 11.6 Å². The van der Waals surface area contributed by atoms with Crippen LogP contribution in [0, 0.1) is 12.8 Å². The van der Waals surface area contributed by atoms with Crippen molar-refractivity contribution in [3.63, 3.8) is 0 Å². The molecule has 1 amide bonds. The molecule has 2 aromatic rings. The SMILES string of the molecule is Cc1ccc(NC(=O)COC(=O)c2ccc(Cl)c(S(=O)(=O)N3CCCC(C)C3)c2)cc1. The van der Waals surface area contributed by atoms with Crippen LogP contribution in [0.4, 0.5) is 5.69 Å². The van der Waals surface area contributed by atoms with E-state index in [2.05, 4.69) is 5.32 Å². The largest absolute Gasteiger partial charge is 0.452 e. The van der Waals surface area contributed by atoms with Gasteiger partial charge in [0, 0.05) is 18.8 Å². The molecule has 7 nitrogen and oxygen atoms in total. The number of hydrogen-bond donors (Lipinski definition) is 1. The van der Waals surface area contributed by atoms with Gasteiger partial charge in [0.05, 0.1) is 10.6 Å². The van der Waals surface area contributed by atoms with Crippen molar-refractivity contribution in [3.05, 3.63) is 58.6 Å². The Hall–Kier alpha value is -2.42. The number of hydrogen-bond acceptors (Lipinski definition) is 5. The third kappa shape index (κ3) is 5.84. The molecule has 31 heavy (non-hydrogen) atoms. The van der Waals surface area contributed by atoms with Crippen LogP contribution in [0.3, 0.4) is 0 Å². The number of ether oxygens (including phenoxy) is 1. The monoisotopic (exact) mass is 464 g/mol.